The van der Waals surface area contributed by atoms with Crippen molar-refractivity contribution in [3.63, 3.8) is 0 Å². The Morgan fingerprint density at radius 1 is 1.19 bits per heavy atom. The summed E-state index contributed by atoms with van der Waals surface area (Å²) in [5.41, 5.74) is -1.90. The summed E-state index contributed by atoms with van der Waals surface area (Å²) in [6, 6.07) is 0. The summed E-state index contributed by atoms with van der Waals surface area (Å²) in [5, 5.41) is 9.92. The predicted molar refractivity (Wildman–Crippen MR) is 105 cm³/mol. The van der Waals surface area contributed by atoms with Crippen LogP contribution in [-0.2, 0) is 14.0 Å². The van der Waals surface area contributed by atoms with Gasteiger partial charge in [0.1, 0.15) is 11.1 Å². The van der Waals surface area contributed by atoms with Crippen LogP contribution in [0.4, 0.5) is 4.79 Å². The van der Waals surface area contributed by atoms with Crippen LogP contribution in [0.25, 0.3) is 0 Å². The Hall–Kier alpha value is -1.08. The monoisotopic (exact) mass is 387 g/mol. The maximum absolute atomic E-state index is 12.8. The zero-order valence-corrected chi connectivity index (χ0v) is 18.9. The van der Waals surface area contributed by atoms with Gasteiger partial charge in [0, 0.05) is 0 Å². The molecule has 1 rings (SSSR count). The van der Waals surface area contributed by atoms with Crippen molar-refractivity contribution >= 4 is 20.4 Å². The molecule has 0 saturated carbocycles. The molecule has 1 aliphatic rings. The smallest absolute Gasteiger partial charge is 0.411 e. The van der Waals surface area contributed by atoms with E-state index in [2.05, 4.69) is 33.9 Å². The minimum Gasteiger partial charge on any atom is -0.479 e. The number of carbonyl (C=O) groups is 2. The molecule has 0 aromatic heterocycles. The molecule has 7 heteroatoms. The first-order valence-electron chi connectivity index (χ1n) is 9.47. The third-order valence-electron chi connectivity index (χ3n) is 5.65. The van der Waals surface area contributed by atoms with Gasteiger partial charge < -0.3 is 14.3 Å². The van der Waals surface area contributed by atoms with E-state index in [1.54, 1.807) is 27.7 Å². The highest BCUT2D eigenvalue weighted by molar-refractivity contribution is 6.74. The second-order valence-electron chi connectivity index (χ2n) is 9.82. The SMILES string of the molecule is CC[C@]1(C(=O)O)CC[C@@H](O[Si](C)(C)C(C)(C)C)CN1C(=O)OC(C)(C)C. The maximum atomic E-state index is 12.8. The first kappa shape index (κ1) is 23.0. The molecular formula is C19H37NO5Si. The third kappa shape index (κ3) is 5.00. The average molecular weight is 388 g/mol. The van der Waals surface area contributed by atoms with Gasteiger partial charge in [0.25, 0.3) is 0 Å². The lowest BCUT2D eigenvalue weighted by atomic mass is 9.83. The number of piperidine rings is 1. The first-order chi connectivity index (χ1) is 11.6. The molecule has 6 nitrogen and oxygen atoms in total. The van der Waals surface area contributed by atoms with Gasteiger partial charge in [-0.25, -0.2) is 9.59 Å². The fraction of sp³-hybridized carbons (Fsp3) is 0.895. The van der Waals surface area contributed by atoms with Gasteiger partial charge in [0.2, 0.25) is 0 Å². The van der Waals surface area contributed by atoms with Gasteiger partial charge in [-0.1, -0.05) is 27.7 Å². The number of ether oxygens (including phenoxy) is 1. The lowest BCUT2D eigenvalue weighted by Crippen LogP contribution is -2.63. The number of hydrogen-bond donors (Lipinski definition) is 1. The Morgan fingerprint density at radius 2 is 1.73 bits per heavy atom. The molecule has 1 N–H and O–H groups in total. The largest absolute Gasteiger partial charge is 0.479 e. The van der Waals surface area contributed by atoms with Crippen LogP contribution in [0, 0.1) is 0 Å². The van der Waals surface area contributed by atoms with Crippen molar-refractivity contribution < 1.29 is 23.9 Å². The van der Waals surface area contributed by atoms with E-state index in [-0.39, 0.29) is 17.7 Å². The minimum atomic E-state index is -2.01. The molecular weight excluding hydrogens is 350 g/mol. The molecule has 0 spiro atoms. The molecule has 152 valence electrons. The lowest BCUT2D eigenvalue weighted by Gasteiger charge is -2.48. The molecule has 0 aromatic rings. The molecule has 0 aliphatic carbocycles. The minimum absolute atomic E-state index is 0.0514. The number of carbonyl (C=O) groups excluding carboxylic acids is 1. The highest BCUT2D eigenvalue weighted by Crippen LogP contribution is 2.40. The van der Waals surface area contributed by atoms with Gasteiger partial charge in [-0.3, -0.25) is 4.90 Å². The van der Waals surface area contributed by atoms with Crippen molar-refractivity contribution in [2.75, 3.05) is 6.54 Å². The molecule has 26 heavy (non-hydrogen) atoms. The zero-order chi connectivity index (χ0) is 20.6. The van der Waals surface area contributed by atoms with Crippen LogP contribution in [0.3, 0.4) is 0 Å². The summed E-state index contributed by atoms with van der Waals surface area (Å²) in [7, 11) is -2.01. The van der Waals surface area contributed by atoms with Crippen molar-refractivity contribution in [2.45, 2.75) is 103 Å². The summed E-state index contributed by atoms with van der Waals surface area (Å²) in [4.78, 5) is 26.2. The quantitative estimate of drug-likeness (QED) is 0.711. The van der Waals surface area contributed by atoms with Gasteiger partial charge in [-0.2, -0.15) is 0 Å². The molecule has 1 heterocycles. The first-order valence-corrected chi connectivity index (χ1v) is 12.4. The van der Waals surface area contributed by atoms with Crippen LogP contribution in [-0.4, -0.2) is 54.2 Å². The van der Waals surface area contributed by atoms with E-state index in [1.807, 2.05) is 0 Å². The topological polar surface area (TPSA) is 76.1 Å². The summed E-state index contributed by atoms with van der Waals surface area (Å²) in [6.45, 7) is 18.3. The van der Waals surface area contributed by atoms with E-state index in [0.29, 0.717) is 19.3 Å². The van der Waals surface area contributed by atoms with E-state index >= 15 is 0 Å². The number of nitrogens with zero attached hydrogens (tertiary/aromatic N) is 1. The zero-order valence-electron chi connectivity index (χ0n) is 17.9. The number of likely N-dealkylation sites (tertiary alicyclic amines) is 1. The van der Waals surface area contributed by atoms with Crippen LogP contribution < -0.4 is 0 Å². The van der Waals surface area contributed by atoms with Gasteiger partial charge >= 0.3 is 12.1 Å². The van der Waals surface area contributed by atoms with Crippen LogP contribution in [0.1, 0.15) is 67.7 Å². The second-order valence-corrected chi connectivity index (χ2v) is 14.6. The summed E-state index contributed by atoms with van der Waals surface area (Å²) >= 11 is 0. The Kier molecular flexibility index (Phi) is 6.62. The molecule has 1 amide bonds. The Morgan fingerprint density at radius 3 is 2.12 bits per heavy atom. The fourth-order valence-corrected chi connectivity index (χ4v) is 4.38. The predicted octanol–water partition coefficient (Wildman–Crippen LogP) is 4.64. The maximum Gasteiger partial charge on any atom is 0.411 e. The van der Waals surface area contributed by atoms with Gasteiger partial charge in [0.15, 0.2) is 8.32 Å². The molecule has 1 saturated heterocycles. The van der Waals surface area contributed by atoms with Crippen molar-refractivity contribution in [1.82, 2.24) is 4.90 Å². The molecule has 0 radical (unpaired) electrons. The molecule has 2 atom stereocenters. The Balaban J connectivity index is 3.11. The second kappa shape index (κ2) is 7.50. The van der Waals surface area contributed by atoms with E-state index < -0.39 is 31.5 Å². The molecule has 0 bridgehead atoms. The fourth-order valence-electron chi connectivity index (χ4n) is 3.00. The Labute approximate surface area is 159 Å². The number of rotatable bonds is 4. The van der Waals surface area contributed by atoms with Crippen LogP contribution in [0.15, 0.2) is 0 Å². The highest BCUT2D eigenvalue weighted by Gasteiger charge is 2.51. The van der Waals surface area contributed by atoms with E-state index in [0.717, 1.165) is 0 Å². The van der Waals surface area contributed by atoms with Crippen molar-refractivity contribution in [3.05, 3.63) is 0 Å². The van der Waals surface area contributed by atoms with Crippen LogP contribution in [0.2, 0.25) is 18.1 Å². The van der Waals surface area contributed by atoms with Gasteiger partial charge in [-0.05, 0) is 58.2 Å². The molecule has 1 fully saturated rings. The van der Waals surface area contributed by atoms with E-state index in [9.17, 15) is 14.7 Å². The van der Waals surface area contributed by atoms with E-state index in [4.69, 9.17) is 9.16 Å². The number of amides is 1. The molecule has 0 unspecified atom stereocenters. The van der Waals surface area contributed by atoms with Crippen LogP contribution in [0.5, 0.6) is 0 Å². The Bertz CT molecular complexity index is 535. The van der Waals surface area contributed by atoms with Crippen molar-refractivity contribution in [1.29, 1.82) is 0 Å². The van der Waals surface area contributed by atoms with Crippen LogP contribution >= 0.6 is 0 Å². The summed E-state index contributed by atoms with van der Waals surface area (Å²) < 4.78 is 12.0. The number of aliphatic carboxylic acids is 1. The number of hydrogen-bond acceptors (Lipinski definition) is 4. The van der Waals surface area contributed by atoms with E-state index in [1.165, 1.54) is 4.90 Å². The summed E-state index contributed by atoms with van der Waals surface area (Å²) in [6.07, 6.45) is 0.602. The normalized spacial score (nSPS) is 25.1. The number of carboxylic acids is 1. The van der Waals surface area contributed by atoms with Crippen molar-refractivity contribution in [2.24, 2.45) is 0 Å². The highest BCUT2D eigenvalue weighted by atomic mass is 28.4. The van der Waals surface area contributed by atoms with Crippen molar-refractivity contribution in [3.8, 4) is 0 Å². The lowest BCUT2D eigenvalue weighted by molar-refractivity contribution is -0.156. The third-order valence-corrected chi connectivity index (χ3v) is 10.2. The van der Waals surface area contributed by atoms with Gasteiger partial charge in [0.05, 0.1) is 12.6 Å². The number of carboxylic acid groups (broad SMARTS) is 1. The average Bonchev–Trinajstić information content (AvgIpc) is 2.43. The molecule has 1 aliphatic heterocycles. The molecule has 0 aromatic carbocycles. The summed E-state index contributed by atoms with van der Waals surface area (Å²) in [5.74, 6) is -0.975. The van der Waals surface area contributed by atoms with Gasteiger partial charge in [-0.15, -0.1) is 0 Å². The standard InChI is InChI=1S/C19H37NO5Si/c1-10-19(15(21)22)12-11-14(25-26(8,9)18(5,6)7)13-20(19)16(23)24-17(2,3)4/h14H,10-13H2,1-9H3,(H,21,22)/t14-,19-/m1/s1.